The highest BCUT2D eigenvalue weighted by Crippen LogP contribution is 2.32. The first-order chi connectivity index (χ1) is 8.48. The first kappa shape index (κ1) is 13.2. The first-order valence-corrected chi connectivity index (χ1v) is 7.05. The molecule has 18 heavy (non-hydrogen) atoms. The summed E-state index contributed by atoms with van der Waals surface area (Å²) in [5.41, 5.74) is 1.11. The van der Waals surface area contributed by atoms with Crippen LogP contribution in [-0.4, -0.2) is 39.6 Å². The van der Waals surface area contributed by atoms with Gasteiger partial charge >= 0.3 is 5.97 Å². The van der Waals surface area contributed by atoms with E-state index >= 15 is 0 Å². The first-order valence-electron chi connectivity index (χ1n) is 6.06. The number of carboxylic acids is 1. The number of carboxylic acid groups (broad SMARTS) is 1. The van der Waals surface area contributed by atoms with Gasteiger partial charge in [0, 0.05) is 23.6 Å². The summed E-state index contributed by atoms with van der Waals surface area (Å²) in [5, 5.41) is 8.82. The second kappa shape index (κ2) is 5.18. The maximum absolute atomic E-state index is 10.7. The third-order valence-electron chi connectivity index (χ3n) is 3.17. The van der Waals surface area contributed by atoms with Gasteiger partial charge < -0.3 is 10.0 Å². The summed E-state index contributed by atoms with van der Waals surface area (Å²) < 4.78 is 0.323. The van der Waals surface area contributed by atoms with Gasteiger partial charge in [0.15, 0.2) is 0 Å². The van der Waals surface area contributed by atoms with Gasteiger partial charge in [-0.05, 0) is 18.6 Å². The fourth-order valence-electron chi connectivity index (χ4n) is 1.98. The van der Waals surface area contributed by atoms with Crippen LogP contribution in [-0.2, 0) is 0 Å². The van der Waals surface area contributed by atoms with Crippen LogP contribution in [0.3, 0.4) is 0 Å². The number of hydrogen-bond acceptors (Lipinski definition) is 4. The molecule has 2 heterocycles. The molecular formula is C13H18N2O2S. The van der Waals surface area contributed by atoms with Crippen molar-refractivity contribution in [3.8, 4) is 0 Å². The molecule has 98 valence electrons. The van der Waals surface area contributed by atoms with Crippen LogP contribution in [0.15, 0.2) is 18.3 Å². The Balaban J connectivity index is 2.09. The summed E-state index contributed by atoms with van der Waals surface area (Å²) in [6.07, 6.45) is 2.78. The zero-order valence-electron chi connectivity index (χ0n) is 10.7. The van der Waals surface area contributed by atoms with Crippen LogP contribution in [0.1, 0.15) is 30.8 Å². The van der Waals surface area contributed by atoms with Gasteiger partial charge in [0.25, 0.3) is 0 Å². The van der Waals surface area contributed by atoms with Gasteiger partial charge in [-0.1, -0.05) is 13.8 Å². The van der Waals surface area contributed by atoms with E-state index in [1.54, 1.807) is 12.3 Å². The van der Waals surface area contributed by atoms with E-state index in [4.69, 9.17) is 5.11 Å². The normalized spacial score (nSPS) is 19.3. The number of nitrogens with zero attached hydrogens (tertiary/aromatic N) is 2. The van der Waals surface area contributed by atoms with Crippen molar-refractivity contribution in [1.82, 2.24) is 4.98 Å². The highest BCUT2D eigenvalue weighted by atomic mass is 32.2. The molecule has 0 atom stereocenters. The average Bonchev–Trinajstić information content (AvgIpc) is 2.50. The van der Waals surface area contributed by atoms with E-state index in [9.17, 15) is 4.79 Å². The van der Waals surface area contributed by atoms with Crippen LogP contribution >= 0.6 is 11.8 Å². The zero-order valence-corrected chi connectivity index (χ0v) is 11.5. The number of thioether (sulfide) groups is 1. The number of rotatable bonds is 2. The Kier molecular flexibility index (Phi) is 3.80. The minimum Gasteiger partial charge on any atom is -0.477 e. The van der Waals surface area contributed by atoms with Crippen LogP contribution < -0.4 is 4.90 Å². The van der Waals surface area contributed by atoms with Crippen molar-refractivity contribution in [2.45, 2.75) is 25.0 Å². The van der Waals surface area contributed by atoms with Crippen molar-refractivity contribution >= 4 is 23.4 Å². The molecular weight excluding hydrogens is 248 g/mol. The van der Waals surface area contributed by atoms with Gasteiger partial charge in [-0.2, -0.15) is 11.8 Å². The second-order valence-electron chi connectivity index (χ2n) is 5.05. The largest absolute Gasteiger partial charge is 0.477 e. The summed E-state index contributed by atoms with van der Waals surface area (Å²) in [6.45, 7) is 6.52. The van der Waals surface area contributed by atoms with Crippen LogP contribution in [0.25, 0.3) is 0 Å². The van der Waals surface area contributed by atoms with Crippen molar-refractivity contribution in [3.05, 3.63) is 24.0 Å². The Morgan fingerprint density at radius 1 is 1.44 bits per heavy atom. The summed E-state index contributed by atoms with van der Waals surface area (Å²) >= 11 is 1.99. The third kappa shape index (κ3) is 3.16. The monoisotopic (exact) mass is 266 g/mol. The fourth-order valence-corrected chi connectivity index (χ4v) is 3.08. The zero-order chi connectivity index (χ0) is 13.2. The lowest BCUT2D eigenvalue weighted by atomic mass is 10.1. The van der Waals surface area contributed by atoms with E-state index in [-0.39, 0.29) is 5.69 Å². The Morgan fingerprint density at radius 2 is 2.22 bits per heavy atom. The van der Waals surface area contributed by atoms with E-state index in [0.717, 1.165) is 31.0 Å². The van der Waals surface area contributed by atoms with Crippen LogP contribution in [0.5, 0.6) is 0 Å². The van der Waals surface area contributed by atoms with Crippen LogP contribution in [0.4, 0.5) is 5.69 Å². The molecule has 0 bridgehead atoms. The van der Waals surface area contributed by atoms with Gasteiger partial charge in [-0.15, -0.1) is 0 Å². The van der Waals surface area contributed by atoms with Gasteiger partial charge in [0.2, 0.25) is 0 Å². The number of carbonyl (C=O) groups is 1. The summed E-state index contributed by atoms with van der Waals surface area (Å²) in [5.74, 6) is 0.113. The fraction of sp³-hybridized carbons (Fsp3) is 0.538. The molecule has 1 aliphatic heterocycles. The van der Waals surface area contributed by atoms with Crippen molar-refractivity contribution in [3.63, 3.8) is 0 Å². The van der Waals surface area contributed by atoms with E-state index in [0.29, 0.717) is 4.75 Å². The highest BCUT2D eigenvalue weighted by Gasteiger charge is 2.23. The summed E-state index contributed by atoms with van der Waals surface area (Å²) in [6, 6.07) is 3.42. The topological polar surface area (TPSA) is 53.4 Å². The lowest BCUT2D eigenvalue weighted by Gasteiger charge is -2.24. The van der Waals surface area contributed by atoms with Gasteiger partial charge in [0.1, 0.15) is 5.69 Å². The summed E-state index contributed by atoms with van der Waals surface area (Å²) in [7, 11) is 0. The van der Waals surface area contributed by atoms with Gasteiger partial charge in [-0.3, -0.25) is 0 Å². The molecule has 1 saturated heterocycles. The van der Waals surface area contributed by atoms with Crippen molar-refractivity contribution in [2.24, 2.45) is 0 Å². The molecule has 0 saturated carbocycles. The Labute approximate surface area is 111 Å². The van der Waals surface area contributed by atoms with Gasteiger partial charge in [0.05, 0.1) is 11.9 Å². The predicted octanol–water partition coefficient (Wildman–Crippen LogP) is 2.50. The Bertz CT molecular complexity index is 431. The molecule has 4 nitrogen and oxygen atoms in total. The van der Waals surface area contributed by atoms with Gasteiger partial charge in [-0.25, -0.2) is 9.78 Å². The molecule has 1 aromatic rings. The second-order valence-corrected chi connectivity index (χ2v) is 6.85. The molecule has 0 aliphatic carbocycles. The number of pyridine rings is 1. The molecule has 0 unspecified atom stereocenters. The van der Waals surface area contributed by atoms with E-state index < -0.39 is 5.97 Å². The number of aromatic carboxylic acids is 1. The molecule has 1 aliphatic rings. The number of aromatic nitrogens is 1. The maximum atomic E-state index is 10.7. The molecule has 0 spiro atoms. The van der Waals surface area contributed by atoms with Crippen LogP contribution in [0.2, 0.25) is 0 Å². The predicted molar refractivity (Wildman–Crippen MR) is 74.6 cm³/mol. The molecule has 0 aromatic carbocycles. The molecule has 5 heteroatoms. The standard InChI is InChI=1S/C13H18N2O2S/c1-13(2)5-6-15(7-8-18-13)10-3-4-11(12(16)17)14-9-10/h3-4,9H,5-8H2,1-2H3,(H,16,17). The SMILES string of the molecule is CC1(C)CCN(c2ccc(C(=O)O)nc2)CCS1. The molecule has 2 rings (SSSR count). The lowest BCUT2D eigenvalue weighted by molar-refractivity contribution is 0.0690. The Morgan fingerprint density at radius 3 is 2.83 bits per heavy atom. The number of hydrogen-bond donors (Lipinski definition) is 1. The van der Waals surface area contributed by atoms with Crippen LogP contribution in [0, 0.1) is 0 Å². The highest BCUT2D eigenvalue weighted by molar-refractivity contribution is 8.00. The third-order valence-corrected chi connectivity index (χ3v) is 4.54. The molecule has 1 aromatic heterocycles. The molecule has 0 radical (unpaired) electrons. The lowest BCUT2D eigenvalue weighted by Crippen LogP contribution is -2.27. The summed E-state index contributed by atoms with van der Waals surface area (Å²) in [4.78, 5) is 17.0. The van der Waals surface area contributed by atoms with E-state index in [1.807, 2.05) is 17.8 Å². The molecule has 1 N–H and O–H groups in total. The van der Waals surface area contributed by atoms with Crippen molar-refractivity contribution in [2.75, 3.05) is 23.7 Å². The molecule has 0 amide bonds. The Hall–Kier alpha value is -1.23. The van der Waals surface area contributed by atoms with E-state index in [2.05, 4.69) is 23.7 Å². The van der Waals surface area contributed by atoms with E-state index in [1.165, 1.54) is 0 Å². The number of anilines is 1. The van der Waals surface area contributed by atoms with Crippen molar-refractivity contribution < 1.29 is 9.90 Å². The van der Waals surface area contributed by atoms with Crippen molar-refractivity contribution in [1.29, 1.82) is 0 Å². The average molecular weight is 266 g/mol. The minimum atomic E-state index is -0.978. The maximum Gasteiger partial charge on any atom is 0.354 e. The smallest absolute Gasteiger partial charge is 0.354 e. The minimum absolute atomic E-state index is 0.100. The quantitative estimate of drug-likeness (QED) is 0.891. The molecule has 1 fully saturated rings.